The summed E-state index contributed by atoms with van der Waals surface area (Å²) < 4.78 is 5.84. The van der Waals surface area contributed by atoms with Gasteiger partial charge in [-0.15, -0.1) is 0 Å². The molecule has 0 aliphatic heterocycles. The van der Waals surface area contributed by atoms with Crippen LogP contribution in [0.3, 0.4) is 0 Å². The van der Waals surface area contributed by atoms with E-state index in [1.54, 1.807) is 12.5 Å². The quantitative estimate of drug-likeness (QED) is 0.431. The Labute approximate surface area is 166 Å². The van der Waals surface area contributed by atoms with Gasteiger partial charge < -0.3 is 15.0 Å². The van der Waals surface area contributed by atoms with Gasteiger partial charge in [0.15, 0.2) is 0 Å². The molecule has 0 saturated carbocycles. The number of rotatable bonds is 4. The number of anilines is 2. The molecule has 138 valence electrons. The molecule has 2 N–H and O–H groups in total. The molecular weight excluding hydrogens is 362 g/mol. The van der Waals surface area contributed by atoms with Crippen molar-refractivity contribution in [3.63, 3.8) is 0 Å². The van der Waals surface area contributed by atoms with Gasteiger partial charge in [-0.1, -0.05) is 18.2 Å². The molecule has 0 aliphatic carbocycles. The zero-order valence-electron chi connectivity index (χ0n) is 15.3. The van der Waals surface area contributed by atoms with Crippen LogP contribution in [0.15, 0.2) is 79.3 Å². The molecule has 0 radical (unpaired) electrons. The number of para-hydroxylation sites is 1. The highest BCUT2D eigenvalue weighted by Crippen LogP contribution is 2.32. The summed E-state index contributed by atoms with van der Waals surface area (Å²) in [5.41, 5.74) is 4.53. The molecule has 0 bridgehead atoms. The van der Waals surface area contributed by atoms with Crippen LogP contribution >= 0.6 is 0 Å². The van der Waals surface area contributed by atoms with Gasteiger partial charge in [-0.25, -0.2) is 4.98 Å². The lowest BCUT2D eigenvalue weighted by molar-refractivity contribution is 0.483. The van der Waals surface area contributed by atoms with Gasteiger partial charge in [-0.05, 0) is 48.5 Å². The molecule has 2 heterocycles. The van der Waals surface area contributed by atoms with Crippen LogP contribution in [0.5, 0.6) is 11.5 Å². The van der Waals surface area contributed by atoms with Crippen molar-refractivity contribution in [1.82, 2.24) is 15.0 Å². The first-order valence-corrected chi connectivity index (χ1v) is 9.06. The molecule has 0 fully saturated rings. The van der Waals surface area contributed by atoms with Crippen molar-refractivity contribution in [3.8, 4) is 17.6 Å². The number of benzene rings is 3. The molecule has 6 heteroatoms. The molecule has 0 spiro atoms. The SMILES string of the molecule is N#Cc1cnc2cc3[nH]cnc3cc2c1Nc1ccc(Oc2ccccc2)cc1. The lowest BCUT2D eigenvalue weighted by Crippen LogP contribution is -1.97. The number of fused-ring (bicyclic) bond motifs is 2. The van der Waals surface area contributed by atoms with E-state index < -0.39 is 0 Å². The highest BCUT2D eigenvalue weighted by Gasteiger charge is 2.11. The molecule has 0 saturated heterocycles. The number of aromatic nitrogens is 3. The summed E-state index contributed by atoms with van der Waals surface area (Å²) >= 11 is 0. The van der Waals surface area contributed by atoms with E-state index in [0.717, 1.165) is 39.1 Å². The summed E-state index contributed by atoms with van der Waals surface area (Å²) in [6.07, 6.45) is 3.23. The molecule has 0 atom stereocenters. The average Bonchev–Trinajstić information content (AvgIpc) is 3.22. The summed E-state index contributed by atoms with van der Waals surface area (Å²) in [4.78, 5) is 11.8. The number of H-pyrrole nitrogens is 1. The number of pyridine rings is 1. The molecule has 3 aromatic carbocycles. The molecule has 29 heavy (non-hydrogen) atoms. The van der Waals surface area contributed by atoms with E-state index in [2.05, 4.69) is 26.3 Å². The Morgan fingerprint density at radius 1 is 0.897 bits per heavy atom. The number of nitriles is 1. The summed E-state index contributed by atoms with van der Waals surface area (Å²) in [7, 11) is 0. The van der Waals surface area contributed by atoms with E-state index in [-0.39, 0.29) is 0 Å². The second kappa shape index (κ2) is 6.98. The number of hydrogen-bond donors (Lipinski definition) is 2. The first-order valence-electron chi connectivity index (χ1n) is 9.06. The first-order chi connectivity index (χ1) is 14.3. The fourth-order valence-corrected chi connectivity index (χ4v) is 3.22. The van der Waals surface area contributed by atoms with E-state index in [1.165, 1.54) is 0 Å². The van der Waals surface area contributed by atoms with Crippen molar-refractivity contribution in [3.05, 3.63) is 84.8 Å². The highest BCUT2D eigenvalue weighted by atomic mass is 16.5. The van der Waals surface area contributed by atoms with E-state index in [4.69, 9.17) is 4.74 Å². The number of hydrogen-bond acceptors (Lipinski definition) is 5. The predicted molar refractivity (Wildman–Crippen MR) is 112 cm³/mol. The number of aromatic amines is 1. The number of nitrogens with one attached hydrogen (secondary N) is 2. The molecule has 0 aliphatic rings. The lowest BCUT2D eigenvalue weighted by atomic mass is 10.1. The van der Waals surface area contributed by atoms with E-state index in [0.29, 0.717) is 11.3 Å². The van der Waals surface area contributed by atoms with Crippen LogP contribution in [0.25, 0.3) is 21.9 Å². The number of nitrogens with zero attached hydrogens (tertiary/aromatic N) is 3. The van der Waals surface area contributed by atoms with Gasteiger partial charge in [0.1, 0.15) is 17.6 Å². The minimum absolute atomic E-state index is 0.469. The monoisotopic (exact) mass is 377 g/mol. The summed E-state index contributed by atoms with van der Waals surface area (Å²) in [6.45, 7) is 0. The minimum Gasteiger partial charge on any atom is -0.457 e. The smallest absolute Gasteiger partial charge is 0.127 e. The van der Waals surface area contributed by atoms with Gasteiger partial charge in [0.2, 0.25) is 0 Å². The van der Waals surface area contributed by atoms with Crippen LogP contribution in [0.1, 0.15) is 5.56 Å². The van der Waals surface area contributed by atoms with Gasteiger partial charge in [-0.2, -0.15) is 5.26 Å². The third-order valence-corrected chi connectivity index (χ3v) is 4.63. The molecular formula is C23H15N5O. The highest BCUT2D eigenvalue weighted by molar-refractivity contribution is 6.02. The van der Waals surface area contributed by atoms with E-state index >= 15 is 0 Å². The molecule has 6 nitrogen and oxygen atoms in total. The zero-order valence-corrected chi connectivity index (χ0v) is 15.3. The zero-order chi connectivity index (χ0) is 19.6. The van der Waals surface area contributed by atoms with Gasteiger partial charge in [0.05, 0.1) is 34.1 Å². The fraction of sp³-hybridized carbons (Fsp3) is 0. The van der Waals surface area contributed by atoms with Crippen LogP contribution in [0.4, 0.5) is 11.4 Å². The van der Waals surface area contributed by atoms with Crippen molar-refractivity contribution >= 4 is 33.3 Å². The largest absolute Gasteiger partial charge is 0.457 e. The first kappa shape index (κ1) is 16.8. The Morgan fingerprint density at radius 3 is 2.48 bits per heavy atom. The Morgan fingerprint density at radius 2 is 1.69 bits per heavy atom. The van der Waals surface area contributed by atoms with Gasteiger partial charge in [0.25, 0.3) is 0 Å². The van der Waals surface area contributed by atoms with Crippen molar-refractivity contribution in [2.45, 2.75) is 0 Å². The molecule has 5 aromatic rings. The third kappa shape index (κ3) is 3.22. The second-order valence-electron chi connectivity index (χ2n) is 6.51. The third-order valence-electron chi connectivity index (χ3n) is 4.63. The molecule has 2 aromatic heterocycles. The van der Waals surface area contributed by atoms with E-state index in [9.17, 15) is 5.26 Å². The Kier molecular flexibility index (Phi) is 4.04. The standard InChI is InChI=1S/C23H15N5O/c24-12-15-13-25-20-11-22-21(26-14-27-22)10-19(20)23(15)28-16-6-8-18(9-7-16)29-17-4-2-1-3-5-17/h1-11,13-14H,(H,25,28)(H,26,27). The Balaban J connectivity index is 1.50. The second-order valence-corrected chi connectivity index (χ2v) is 6.51. The average molecular weight is 377 g/mol. The molecule has 5 rings (SSSR count). The summed E-state index contributed by atoms with van der Waals surface area (Å²) in [6, 6.07) is 23.3. The lowest BCUT2D eigenvalue weighted by Gasteiger charge is -2.12. The van der Waals surface area contributed by atoms with Gasteiger partial charge in [0, 0.05) is 17.3 Å². The maximum Gasteiger partial charge on any atom is 0.127 e. The normalized spacial score (nSPS) is 10.7. The molecule has 0 amide bonds. The van der Waals surface area contributed by atoms with Gasteiger partial charge >= 0.3 is 0 Å². The Hall–Kier alpha value is -4.37. The maximum atomic E-state index is 9.57. The van der Waals surface area contributed by atoms with Crippen LogP contribution in [-0.4, -0.2) is 15.0 Å². The number of ether oxygens (including phenoxy) is 1. The predicted octanol–water partition coefficient (Wildman–Crippen LogP) is 5.52. The van der Waals surface area contributed by atoms with Crippen LogP contribution < -0.4 is 10.1 Å². The molecule has 0 unspecified atom stereocenters. The van der Waals surface area contributed by atoms with Crippen LogP contribution in [0.2, 0.25) is 0 Å². The van der Waals surface area contributed by atoms with Crippen molar-refractivity contribution in [1.29, 1.82) is 5.26 Å². The van der Waals surface area contributed by atoms with Crippen molar-refractivity contribution in [2.75, 3.05) is 5.32 Å². The maximum absolute atomic E-state index is 9.57. The van der Waals surface area contributed by atoms with Gasteiger partial charge in [-0.3, -0.25) is 4.98 Å². The topological polar surface area (TPSA) is 86.6 Å². The summed E-state index contributed by atoms with van der Waals surface area (Å²) in [5.74, 6) is 1.52. The Bertz CT molecular complexity index is 1350. The van der Waals surface area contributed by atoms with Crippen molar-refractivity contribution in [2.24, 2.45) is 0 Å². The fourth-order valence-electron chi connectivity index (χ4n) is 3.22. The van der Waals surface area contributed by atoms with E-state index in [1.807, 2.05) is 66.7 Å². The minimum atomic E-state index is 0.469. The van der Waals surface area contributed by atoms with Crippen LogP contribution in [-0.2, 0) is 0 Å². The summed E-state index contributed by atoms with van der Waals surface area (Å²) in [5, 5.41) is 13.8. The van der Waals surface area contributed by atoms with Crippen LogP contribution in [0, 0.1) is 11.3 Å². The number of imidazole rings is 1. The van der Waals surface area contributed by atoms with Crippen molar-refractivity contribution < 1.29 is 4.74 Å².